The van der Waals surface area contributed by atoms with Crippen LogP contribution in [0.1, 0.15) is 24.9 Å². The van der Waals surface area contributed by atoms with Gasteiger partial charge in [-0.3, -0.25) is 20.2 Å². The van der Waals surface area contributed by atoms with Crippen LogP contribution in [0.15, 0.2) is 24.3 Å². The van der Waals surface area contributed by atoms with Gasteiger partial charge in [0.1, 0.15) is 5.75 Å². The first-order chi connectivity index (χ1) is 8.60. The lowest BCUT2D eigenvalue weighted by atomic mass is 10.1. The molecule has 2 rings (SSSR count). The lowest BCUT2D eigenvalue weighted by molar-refractivity contribution is -0.125. The van der Waals surface area contributed by atoms with Crippen LogP contribution in [0.5, 0.6) is 5.75 Å². The topological polar surface area (TPSA) is 67.4 Å². The van der Waals surface area contributed by atoms with Crippen molar-refractivity contribution in [3.05, 3.63) is 29.8 Å². The number of nitrogens with one attached hydrogen (secondary N) is 2. The Morgan fingerprint density at radius 2 is 2.00 bits per heavy atom. The summed E-state index contributed by atoms with van der Waals surface area (Å²) in [7, 11) is 1.62. The minimum absolute atomic E-state index is 0.00226. The number of hydrogen-bond donors (Lipinski definition) is 2. The number of hydrogen-bond acceptors (Lipinski definition) is 4. The summed E-state index contributed by atoms with van der Waals surface area (Å²) in [6.07, 6.45) is 0.208. The van der Waals surface area contributed by atoms with Gasteiger partial charge in [-0.25, -0.2) is 0 Å². The second-order valence-electron chi connectivity index (χ2n) is 4.33. The van der Waals surface area contributed by atoms with Crippen LogP contribution in [0.3, 0.4) is 0 Å². The van der Waals surface area contributed by atoms with Gasteiger partial charge in [0, 0.05) is 6.04 Å². The van der Waals surface area contributed by atoms with Gasteiger partial charge in [0.15, 0.2) is 0 Å². The van der Waals surface area contributed by atoms with Crippen molar-refractivity contribution < 1.29 is 14.3 Å². The van der Waals surface area contributed by atoms with Gasteiger partial charge in [0.2, 0.25) is 11.8 Å². The fourth-order valence-electron chi connectivity index (χ4n) is 1.98. The number of methoxy groups -OCH3 is 1. The van der Waals surface area contributed by atoms with Gasteiger partial charge in [0.05, 0.1) is 19.6 Å². The second-order valence-corrected chi connectivity index (χ2v) is 4.33. The highest BCUT2D eigenvalue weighted by molar-refractivity contribution is 6.05. The van der Waals surface area contributed by atoms with E-state index in [0.717, 1.165) is 11.3 Å². The van der Waals surface area contributed by atoms with Crippen molar-refractivity contribution in [1.82, 2.24) is 10.6 Å². The molecule has 0 aliphatic carbocycles. The van der Waals surface area contributed by atoms with E-state index in [1.807, 2.05) is 31.2 Å². The zero-order valence-corrected chi connectivity index (χ0v) is 10.4. The Morgan fingerprint density at radius 1 is 1.33 bits per heavy atom. The Balaban J connectivity index is 2.00. The van der Waals surface area contributed by atoms with Crippen molar-refractivity contribution in [3.8, 4) is 5.75 Å². The molecule has 0 bridgehead atoms. The molecule has 1 aromatic carbocycles. The lowest BCUT2D eigenvalue weighted by Gasteiger charge is -2.17. The molecule has 1 aliphatic heterocycles. The van der Waals surface area contributed by atoms with E-state index in [9.17, 15) is 9.59 Å². The molecule has 1 aliphatic rings. The van der Waals surface area contributed by atoms with E-state index in [1.165, 1.54) is 0 Å². The Labute approximate surface area is 106 Å². The molecule has 96 valence electrons. The van der Waals surface area contributed by atoms with E-state index in [0.29, 0.717) is 0 Å². The molecule has 2 atom stereocenters. The fraction of sp³-hybridized carbons (Fsp3) is 0.385. The average molecular weight is 248 g/mol. The summed E-state index contributed by atoms with van der Waals surface area (Å²) in [5.41, 5.74) is 1.04. The molecule has 0 aromatic heterocycles. The summed E-state index contributed by atoms with van der Waals surface area (Å²) in [5.74, 6) is 0.319. The normalized spacial score (nSPS) is 20.7. The van der Waals surface area contributed by atoms with E-state index >= 15 is 0 Å². The summed E-state index contributed by atoms with van der Waals surface area (Å²) in [5, 5.41) is 5.42. The molecule has 0 radical (unpaired) electrons. The highest BCUT2D eigenvalue weighted by atomic mass is 16.5. The van der Waals surface area contributed by atoms with Gasteiger partial charge < -0.3 is 4.74 Å². The first-order valence-electron chi connectivity index (χ1n) is 5.84. The molecular formula is C13H16N2O3. The van der Waals surface area contributed by atoms with Crippen LogP contribution in [0.4, 0.5) is 0 Å². The van der Waals surface area contributed by atoms with Gasteiger partial charge in [0.25, 0.3) is 0 Å². The largest absolute Gasteiger partial charge is 0.497 e. The van der Waals surface area contributed by atoms with Crippen LogP contribution in [0.2, 0.25) is 0 Å². The molecule has 18 heavy (non-hydrogen) atoms. The number of amides is 2. The van der Waals surface area contributed by atoms with Gasteiger partial charge in [-0.1, -0.05) is 12.1 Å². The maximum absolute atomic E-state index is 11.4. The fourth-order valence-corrected chi connectivity index (χ4v) is 1.98. The number of imide groups is 1. The Hall–Kier alpha value is -1.88. The second kappa shape index (κ2) is 5.18. The van der Waals surface area contributed by atoms with Crippen molar-refractivity contribution >= 4 is 11.8 Å². The Kier molecular flexibility index (Phi) is 3.62. The van der Waals surface area contributed by atoms with Crippen molar-refractivity contribution in [1.29, 1.82) is 0 Å². The van der Waals surface area contributed by atoms with Crippen molar-refractivity contribution in [2.45, 2.75) is 25.4 Å². The first-order valence-corrected chi connectivity index (χ1v) is 5.84. The van der Waals surface area contributed by atoms with Gasteiger partial charge in [-0.15, -0.1) is 0 Å². The van der Waals surface area contributed by atoms with Crippen molar-refractivity contribution in [2.24, 2.45) is 0 Å². The Morgan fingerprint density at radius 3 is 2.50 bits per heavy atom. The van der Waals surface area contributed by atoms with Gasteiger partial charge in [-0.2, -0.15) is 0 Å². The maximum atomic E-state index is 11.4. The summed E-state index contributed by atoms with van der Waals surface area (Å²) in [6, 6.07) is 7.17. The molecule has 0 saturated carbocycles. The van der Waals surface area contributed by atoms with Crippen LogP contribution in [-0.4, -0.2) is 25.0 Å². The van der Waals surface area contributed by atoms with Crippen molar-refractivity contribution in [2.75, 3.05) is 7.11 Å². The SMILES string of the molecule is COc1ccc([C@H](C)NC2CC(=O)NC2=O)cc1. The third-order valence-electron chi connectivity index (χ3n) is 3.04. The van der Waals surface area contributed by atoms with Crippen LogP contribution < -0.4 is 15.4 Å². The minimum atomic E-state index is -0.436. The third kappa shape index (κ3) is 2.68. The number of rotatable bonds is 4. The highest BCUT2D eigenvalue weighted by Crippen LogP contribution is 2.18. The first kappa shape index (κ1) is 12.6. The quantitative estimate of drug-likeness (QED) is 0.772. The van der Waals surface area contributed by atoms with E-state index in [4.69, 9.17) is 4.74 Å². The lowest BCUT2D eigenvalue weighted by Crippen LogP contribution is -2.37. The number of carbonyl (C=O) groups is 2. The maximum Gasteiger partial charge on any atom is 0.244 e. The van der Waals surface area contributed by atoms with E-state index in [-0.39, 0.29) is 24.3 Å². The van der Waals surface area contributed by atoms with Crippen LogP contribution >= 0.6 is 0 Å². The highest BCUT2D eigenvalue weighted by Gasteiger charge is 2.31. The van der Waals surface area contributed by atoms with Crippen LogP contribution in [0, 0.1) is 0 Å². The molecule has 0 spiro atoms. The van der Waals surface area contributed by atoms with Crippen molar-refractivity contribution in [3.63, 3.8) is 0 Å². The molecule has 5 heteroatoms. The van der Waals surface area contributed by atoms with Gasteiger partial charge in [-0.05, 0) is 24.6 Å². The van der Waals surface area contributed by atoms with Crippen LogP contribution in [-0.2, 0) is 9.59 Å². The number of carbonyl (C=O) groups excluding carboxylic acids is 2. The van der Waals surface area contributed by atoms with Gasteiger partial charge >= 0.3 is 0 Å². The molecule has 1 aromatic rings. The van der Waals surface area contributed by atoms with Crippen LogP contribution in [0.25, 0.3) is 0 Å². The number of benzene rings is 1. The summed E-state index contributed by atoms with van der Waals surface area (Å²) in [6.45, 7) is 1.96. The standard InChI is InChI=1S/C13H16N2O3/c1-8(9-3-5-10(18-2)6-4-9)14-11-7-12(16)15-13(11)17/h3-6,8,11,14H,7H2,1-2H3,(H,15,16,17)/t8-,11?/m0/s1. The smallest absolute Gasteiger partial charge is 0.244 e. The molecule has 5 nitrogen and oxygen atoms in total. The Bertz CT molecular complexity index is 456. The zero-order chi connectivity index (χ0) is 13.1. The summed E-state index contributed by atoms with van der Waals surface area (Å²) in [4.78, 5) is 22.5. The summed E-state index contributed by atoms with van der Waals surface area (Å²) < 4.78 is 5.08. The van der Waals surface area contributed by atoms with E-state index in [1.54, 1.807) is 7.11 Å². The predicted molar refractivity (Wildman–Crippen MR) is 66.1 cm³/mol. The molecule has 1 unspecified atom stereocenters. The minimum Gasteiger partial charge on any atom is -0.497 e. The molecule has 1 heterocycles. The third-order valence-corrected chi connectivity index (χ3v) is 3.04. The molecular weight excluding hydrogens is 232 g/mol. The number of ether oxygens (including phenoxy) is 1. The molecule has 1 fully saturated rings. The molecule has 1 saturated heterocycles. The molecule has 2 N–H and O–H groups in total. The monoisotopic (exact) mass is 248 g/mol. The summed E-state index contributed by atoms with van der Waals surface area (Å²) >= 11 is 0. The zero-order valence-electron chi connectivity index (χ0n) is 10.4. The predicted octanol–water partition coefficient (Wildman–Crippen LogP) is 0.761. The molecule has 2 amide bonds. The van der Waals surface area contributed by atoms with E-state index in [2.05, 4.69) is 10.6 Å². The average Bonchev–Trinajstić information content (AvgIpc) is 2.68. The van der Waals surface area contributed by atoms with E-state index < -0.39 is 6.04 Å².